The molecule has 1 aliphatic rings. The van der Waals surface area contributed by atoms with E-state index in [1.165, 1.54) is 11.1 Å². The van der Waals surface area contributed by atoms with Crippen LogP contribution in [0.25, 0.3) is 0 Å². The van der Waals surface area contributed by atoms with Gasteiger partial charge in [0.25, 0.3) is 0 Å². The number of nitrogens with one attached hydrogen (secondary N) is 2. The molecule has 0 bridgehead atoms. The fraction of sp³-hybridized carbons (Fsp3) is 0.611. The highest BCUT2D eigenvalue weighted by molar-refractivity contribution is 5.85. The Bertz CT molecular complexity index is 478. The van der Waals surface area contributed by atoms with E-state index in [0.29, 0.717) is 6.54 Å². The molecular weight excluding hydrogens is 310 g/mol. The van der Waals surface area contributed by atoms with Gasteiger partial charge in [-0.25, -0.2) is 0 Å². The van der Waals surface area contributed by atoms with Gasteiger partial charge in [0.05, 0.1) is 6.54 Å². The maximum Gasteiger partial charge on any atom is 0.234 e. The first-order valence-corrected chi connectivity index (χ1v) is 8.47. The van der Waals surface area contributed by atoms with Gasteiger partial charge in [-0.1, -0.05) is 38.1 Å². The molecule has 1 aliphatic heterocycles. The van der Waals surface area contributed by atoms with Crippen LogP contribution in [0.1, 0.15) is 44.4 Å². The molecule has 2 unspecified atom stereocenters. The fourth-order valence-corrected chi connectivity index (χ4v) is 2.85. The lowest BCUT2D eigenvalue weighted by molar-refractivity contribution is -0.123. The highest BCUT2D eigenvalue weighted by atomic mass is 35.5. The minimum absolute atomic E-state index is 0. The predicted molar refractivity (Wildman–Crippen MR) is 98.1 cm³/mol. The second-order valence-corrected chi connectivity index (χ2v) is 6.16. The third-order valence-electron chi connectivity index (χ3n) is 4.49. The molecule has 2 N–H and O–H groups in total. The number of nitrogens with zero attached hydrogens (tertiary/aromatic N) is 1. The molecule has 0 aliphatic carbocycles. The van der Waals surface area contributed by atoms with Crippen LogP contribution >= 0.6 is 12.4 Å². The quantitative estimate of drug-likeness (QED) is 0.837. The minimum Gasteiger partial charge on any atom is -0.353 e. The number of aryl methyl sites for hydroxylation is 1. The molecule has 1 aromatic carbocycles. The Morgan fingerprint density at radius 3 is 2.65 bits per heavy atom. The Kier molecular flexibility index (Phi) is 8.59. The molecule has 0 aromatic heterocycles. The molecule has 0 spiro atoms. The minimum atomic E-state index is 0. The summed E-state index contributed by atoms with van der Waals surface area (Å²) in [5.74, 6) is 0.131. The molecular formula is C18H30ClN3O. The third kappa shape index (κ3) is 5.79. The van der Waals surface area contributed by atoms with Crippen molar-refractivity contribution in [1.29, 1.82) is 0 Å². The standard InChI is InChI=1S/C18H29N3O.ClH/c1-4-14(3)20-18(22)13-21-11-10-19-12-17(21)16-8-6-15(5-2)7-9-16;/h6-9,14,17,19H,4-5,10-13H2,1-3H3,(H,20,22);1H. The van der Waals surface area contributed by atoms with Crippen LogP contribution in [0.5, 0.6) is 0 Å². The van der Waals surface area contributed by atoms with Crippen molar-refractivity contribution in [3.8, 4) is 0 Å². The number of amides is 1. The van der Waals surface area contributed by atoms with Crippen molar-refractivity contribution in [3.63, 3.8) is 0 Å². The molecule has 0 radical (unpaired) electrons. The Balaban J connectivity index is 0.00000264. The van der Waals surface area contributed by atoms with E-state index >= 15 is 0 Å². The maximum absolute atomic E-state index is 12.2. The largest absolute Gasteiger partial charge is 0.353 e. The summed E-state index contributed by atoms with van der Waals surface area (Å²) < 4.78 is 0. The SMILES string of the molecule is CCc1ccc(C2CNCCN2CC(=O)NC(C)CC)cc1.Cl. The van der Waals surface area contributed by atoms with Crippen molar-refractivity contribution in [2.45, 2.75) is 45.7 Å². The van der Waals surface area contributed by atoms with E-state index in [1.54, 1.807) is 0 Å². The number of halogens is 1. The summed E-state index contributed by atoms with van der Waals surface area (Å²) >= 11 is 0. The first-order valence-electron chi connectivity index (χ1n) is 8.47. The van der Waals surface area contributed by atoms with E-state index in [-0.39, 0.29) is 30.4 Å². The number of hydrogen-bond donors (Lipinski definition) is 2. The second-order valence-electron chi connectivity index (χ2n) is 6.16. The molecule has 1 heterocycles. The molecule has 1 amide bonds. The molecule has 4 nitrogen and oxygen atoms in total. The van der Waals surface area contributed by atoms with Gasteiger partial charge in [0.15, 0.2) is 0 Å². The van der Waals surface area contributed by atoms with E-state index in [1.807, 2.05) is 0 Å². The molecule has 5 heteroatoms. The summed E-state index contributed by atoms with van der Waals surface area (Å²) in [6, 6.07) is 9.33. The van der Waals surface area contributed by atoms with Crippen molar-refractivity contribution < 1.29 is 4.79 Å². The summed E-state index contributed by atoms with van der Waals surface area (Å²) in [6.45, 7) is 9.55. The van der Waals surface area contributed by atoms with Crippen LogP contribution in [0, 0.1) is 0 Å². The number of piperazine rings is 1. The molecule has 1 saturated heterocycles. The predicted octanol–water partition coefficient (Wildman–Crippen LogP) is 2.53. The van der Waals surface area contributed by atoms with Crippen LogP contribution in [0.4, 0.5) is 0 Å². The number of carbonyl (C=O) groups is 1. The normalized spacial score (nSPS) is 19.7. The lowest BCUT2D eigenvalue weighted by Gasteiger charge is -2.36. The van der Waals surface area contributed by atoms with E-state index in [4.69, 9.17) is 0 Å². The van der Waals surface area contributed by atoms with Crippen molar-refractivity contribution in [2.75, 3.05) is 26.2 Å². The van der Waals surface area contributed by atoms with Crippen LogP contribution in [-0.4, -0.2) is 43.0 Å². The summed E-state index contributed by atoms with van der Waals surface area (Å²) in [7, 11) is 0. The number of rotatable bonds is 6. The molecule has 1 fully saturated rings. The monoisotopic (exact) mass is 339 g/mol. The molecule has 0 saturated carbocycles. The van der Waals surface area contributed by atoms with Gasteiger partial charge < -0.3 is 10.6 Å². The van der Waals surface area contributed by atoms with Gasteiger partial charge in [-0.2, -0.15) is 0 Å². The summed E-state index contributed by atoms with van der Waals surface area (Å²) in [6.07, 6.45) is 2.03. The second kappa shape index (κ2) is 9.91. The highest BCUT2D eigenvalue weighted by Crippen LogP contribution is 2.22. The van der Waals surface area contributed by atoms with E-state index in [2.05, 4.69) is 60.6 Å². The summed E-state index contributed by atoms with van der Waals surface area (Å²) in [5.41, 5.74) is 2.65. The number of benzene rings is 1. The van der Waals surface area contributed by atoms with Crippen molar-refractivity contribution in [1.82, 2.24) is 15.5 Å². The van der Waals surface area contributed by atoms with Crippen LogP contribution < -0.4 is 10.6 Å². The smallest absolute Gasteiger partial charge is 0.234 e. The Morgan fingerprint density at radius 2 is 2.04 bits per heavy atom. The summed E-state index contributed by atoms with van der Waals surface area (Å²) in [4.78, 5) is 14.5. The lowest BCUT2D eigenvalue weighted by Crippen LogP contribution is -2.50. The first-order chi connectivity index (χ1) is 10.6. The van der Waals surface area contributed by atoms with Gasteiger partial charge in [-0.05, 0) is 30.9 Å². The number of carbonyl (C=O) groups excluding carboxylic acids is 1. The average Bonchev–Trinajstić information content (AvgIpc) is 2.55. The van der Waals surface area contributed by atoms with Gasteiger partial charge in [0.1, 0.15) is 0 Å². The van der Waals surface area contributed by atoms with Gasteiger partial charge in [-0.15, -0.1) is 12.4 Å². The molecule has 1 aromatic rings. The maximum atomic E-state index is 12.2. The topological polar surface area (TPSA) is 44.4 Å². The Hall–Kier alpha value is -1.10. The summed E-state index contributed by atoms with van der Waals surface area (Å²) in [5, 5.41) is 6.51. The Morgan fingerprint density at radius 1 is 1.35 bits per heavy atom. The van der Waals surface area contributed by atoms with E-state index < -0.39 is 0 Å². The van der Waals surface area contributed by atoms with Crippen molar-refractivity contribution in [3.05, 3.63) is 35.4 Å². The zero-order chi connectivity index (χ0) is 15.9. The average molecular weight is 340 g/mol. The zero-order valence-electron chi connectivity index (χ0n) is 14.5. The first kappa shape index (κ1) is 19.9. The molecule has 130 valence electrons. The van der Waals surface area contributed by atoms with Gasteiger partial charge in [0.2, 0.25) is 5.91 Å². The van der Waals surface area contributed by atoms with Crippen LogP contribution in [0.2, 0.25) is 0 Å². The van der Waals surface area contributed by atoms with E-state index in [0.717, 1.165) is 32.5 Å². The van der Waals surface area contributed by atoms with Crippen LogP contribution in [0.15, 0.2) is 24.3 Å². The van der Waals surface area contributed by atoms with Crippen molar-refractivity contribution in [2.24, 2.45) is 0 Å². The van der Waals surface area contributed by atoms with Gasteiger partial charge >= 0.3 is 0 Å². The zero-order valence-corrected chi connectivity index (χ0v) is 15.3. The van der Waals surface area contributed by atoms with Crippen LogP contribution in [0.3, 0.4) is 0 Å². The van der Waals surface area contributed by atoms with Gasteiger partial charge in [0, 0.05) is 31.7 Å². The van der Waals surface area contributed by atoms with Crippen LogP contribution in [-0.2, 0) is 11.2 Å². The molecule has 2 atom stereocenters. The third-order valence-corrected chi connectivity index (χ3v) is 4.49. The fourth-order valence-electron chi connectivity index (χ4n) is 2.85. The lowest BCUT2D eigenvalue weighted by atomic mass is 10.0. The molecule has 2 rings (SSSR count). The van der Waals surface area contributed by atoms with Crippen molar-refractivity contribution >= 4 is 18.3 Å². The van der Waals surface area contributed by atoms with E-state index in [9.17, 15) is 4.79 Å². The number of hydrogen-bond acceptors (Lipinski definition) is 3. The molecule has 23 heavy (non-hydrogen) atoms. The Labute approximate surface area is 146 Å². The highest BCUT2D eigenvalue weighted by Gasteiger charge is 2.25. The van der Waals surface area contributed by atoms with Gasteiger partial charge in [-0.3, -0.25) is 9.69 Å².